The SMILES string of the molecule is C(#Cc1ccccc1)c1ccccc1.COCCC(=O)OC.COc1ccc(NC(=O)N2CCCCNCCCC2)cc1. The molecule has 0 saturated carbocycles. The molecule has 4 rings (SSSR count). The zero-order valence-electron chi connectivity index (χ0n) is 25.6. The number of hydrogen-bond acceptors (Lipinski definition) is 6. The van der Waals surface area contributed by atoms with E-state index in [0.29, 0.717) is 13.0 Å². The van der Waals surface area contributed by atoms with Crippen LogP contribution < -0.4 is 15.4 Å². The first kappa shape index (κ1) is 34.9. The van der Waals surface area contributed by atoms with Gasteiger partial charge in [0.1, 0.15) is 5.75 Å². The lowest BCUT2D eigenvalue weighted by Crippen LogP contribution is -2.37. The van der Waals surface area contributed by atoms with Gasteiger partial charge in [-0.1, -0.05) is 48.2 Å². The van der Waals surface area contributed by atoms with Gasteiger partial charge in [-0.2, -0.15) is 0 Å². The van der Waals surface area contributed by atoms with Crippen LogP contribution in [0.3, 0.4) is 0 Å². The molecule has 2 N–H and O–H groups in total. The largest absolute Gasteiger partial charge is 0.497 e. The van der Waals surface area contributed by atoms with Gasteiger partial charge in [0.05, 0.1) is 27.2 Å². The Morgan fingerprint density at radius 1 is 0.767 bits per heavy atom. The van der Waals surface area contributed by atoms with Crippen molar-refractivity contribution in [1.82, 2.24) is 10.2 Å². The predicted octanol–water partition coefficient (Wildman–Crippen LogP) is 5.98. The number of benzene rings is 3. The zero-order chi connectivity index (χ0) is 31.0. The molecule has 1 aliphatic rings. The fourth-order valence-corrected chi connectivity index (χ4v) is 3.90. The Morgan fingerprint density at radius 2 is 1.30 bits per heavy atom. The second-order valence-corrected chi connectivity index (χ2v) is 9.61. The number of hydrogen-bond donors (Lipinski definition) is 2. The Kier molecular flexibility index (Phi) is 18.1. The van der Waals surface area contributed by atoms with E-state index in [1.807, 2.05) is 89.8 Å². The van der Waals surface area contributed by atoms with Crippen LogP contribution in [0, 0.1) is 11.8 Å². The molecule has 1 heterocycles. The number of carbonyl (C=O) groups excluding carboxylic acids is 2. The van der Waals surface area contributed by atoms with Gasteiger partial charge in [-0.15, -0.1) is 0 Å². The van der Waals surface area contributed by atoms with Crippen LogP contribution in [0.2, 0.25) is 0 Å². The molecule has 2 amide bonds. The van der Waals surface area contributed by atoms with Gasteiger partial charge < -0.3 is 29.7 Å². The van der Waals surface area contributed by atoms with Crippen molar-refractivity contribution in [2.24, 2.45) is 0 Å². The lowest BCUT2D eigenvalue weighted by Gasteiger charge is -2.24. The van der Waals surface area contributed by atoms with E-state index in [1.165, 1.54) is 7.11 Å². The van der Waals surface area contributed by atoms with Gasteiger partial charge in [0.25, 0.3) is 0 Å². The summed E-state index contributed by atoms with van der Waals surface area (Å²) in [6.07, 6.45) is 4.66. The maximum atomic E-state index is 12.4. The lowest BCUT2D eigenvalue weighted by atomic mass is 10.2. The van der Waals surface area contributed by atoms with Gasteiger partial charge in [-0.3, -0.25) is 4.79 Å². The van der Waals surface area contributed by atoms with Crippen LogP contribution in [-0.4, -0.2) is 71.0 Å². The lowest BCUT2D eigenvalue weighted by molar-refractivity contribution is -0.141. The van der Waals surface area contributed by atoms with E-state index in [0.717, 1.165) is 74.4 Å². The van der Waals surface area contributed by atoms with Gasteiger partial charge in [-0.05, 0) is 87.3 Å². The Morgan fingerprint density at radius 3 is 1.77 bits per heavy atom. The van der Waals surface area contributed by atoms with Crippen LogP contribution in [0.15, 0.2) is 84.9 Å². The van der Waals surface area contributed by atoms with Gasteiger partial charge >= 0.3 is 12.0 Å². The first-order valence-electron chi connectivity index (χ1n) is 14.6. The first-order chi connectivity index (χ1) is 21.0. The fraction of sp³-hybridized carbons (Fsp3) is 0.371. The monoisotopic (exact) mass is 587 g/mol. The molecule has 230 valence electrons. The molecular formula is C35H45N3O5. The normalized spacial score (nSPS) is 12.9. The summed E-state index contributed by atoms with van der Waals surface area (Å²) in [5.41, 5.74) is 2.91. The number of rotatable bonds is 5. The van der Waals surface area contributed by atoms with Crippen molar-refractivity contribution in [3.05, 3.63) is 96.1 Å². The summed E-state index contributed by atoms with van der Waals surface area (Å²) in [4.78, 5) is 24.5. The maximum Gasteiger partial charge on any atom is 0.321 e. The second-order valence-electron chi connectivity index (χ2n) is 9.61. The molecule has 1 saturated heterocycles. The number of amides is 2. The minimum Gasteiger partial charge on any atom is -0.497 e. The summed E-state index contributed by atoms with van der Waals surface area (Å²) in [6, 6.07) is 27.4. The highest BCUT2D eigenvalue weighted by Crippen LogP contribution is 2.16. The molecule has 43 heavy (non-hydrogen) atoms. The van der Waals surface area contributed by atoms with Crippen molar-refractivity contribution < 1.29 is 23.8 Å². The van der Waals surface area contributed by atoms with Crippen LogP contribution in [0.5, 0.6) is 5.75 Å². The van der Waals surface area contributed by atoms with Crippen molar-refractivity contribution in [3.63, 3.8) is 0 Å². The molecule has 0 bridgehead atoms. The summed E-state index contributed by atoms with van der Waals surface area (Å²) in [7, 11) is 4.54. The summed E-state index contributed by atoms with van der Waals surface area (Å²) < 4.78 is 14.1. The molecule has 0 aliphatic carbocycles. The first-order valence-corrected chi connectivity index (χ1v) is 14.6. The topological polar surface area (TPSA) is 89.1 Å². The van der Waals surface area contributed by atoms with Crippen molar-refractivity contribution >= 4 is 17.7 Å². The van der Waals surface area contributed by atoms with Crippen molar-refractivity contribution in [2.75, 3.05) is 59.4 Å². The Labute approximate surface area is 256 Å². The molecule has 0 aromatic heterocycles. The summed E-state index contributed by atoms with van der Waals surface area (Å²) >= 11 is 0. The molecule has 0 spiro atoms. The minimum atomic E-state index is -0.230. The second kappa shape index (κ2) is 22.3. The average Bonchev–Trinajstić information content (AvgIpc) is 3.07. The van der Waals surface area contributed by atoms with Crippen molar-refractivity contribution in [3.8, 4) is 17.6 Å². The van der Waals surface area contributed by atoms with E-state index in [9.17, 15) is 9.59 Å². The average molecular weight is 588 g/mol. The minimum absolute atomic E-state index is 0.00583. The van der Waals surface area contributed by atoms with Gasteiger partial charge in [0.2, 0.25) is 0 Å². The fourth-order valence-electron chi connectivity index (χ4n) is 3.90. The van der Waals surface area contributed by atoms with Crippen LogP contribution in [0.1, 0.15) is 43.2 Å². The van der Waals surface area contributed by atoms with Crippen molar-refractivity contribution in [1.29, 1.82) is 0 Å². The molecule has 8 nitrogen and oxygen atoms in total. The number of carbonyl (C=O) groups is 2. The van der Waals surface area contributed by atoms with Crippen LogP contribution in [-0.2, 0) is 14.3 Å². The number of methoxy groups -OCH3 is 3. The Bertz CT molecular complexity index is 1170. The smallest absolute Gasteiger partial charge is 0.321 e. The van der Waals surface area contributed by atoms with Crippen LogP contribution in [0.25, 0.3) is 0 Å². The summed E-state index contributed by atoms with van der Waals surface area (Å²) in [5, 5.41) is 6.38. The molecule has 3 aromatic carbocycles. The van der Waals surface area contributed by atoms with E-state index in [4.69, 9.17) is 4.74 Å². The standard InChI is InChI=1S/C16H25N3O2.C14H10.C5H10O3/c1-21-15-8-6-14(7-9-15)18-16(20)19-12-4-2-10-17-11-3-5-13-19;1-3-7-13(8-4-1)11-12-14-9-5-2-6-10-14;1-7-4-3-5(6)8-2/h6-9,17H,2-5,10-13H2,1H3,(H,18,20);1-10H;3-4H2,1-2H3. The van der Waals surface area contributed by atoms with E-state index in [-0.39, 0.29) is 12.0 Å². The molecule has 1 aliphatic heterocycles. The third-order valence-corrected chi connectivity index (χ3v) is 6.33. The highest BCUT2D eigenvalue weighted by Gasteiger charge is 2.13. The third kappa shape index (κ3) is 16.0. The quantitative estimate of drug-likeness (QED) is 0.282. The summed E-state index contributed by atoms with van der Waals surface area (Å²) in [5.74, 6) is 6.78. The molecule has 8 heteroatoms. The van der Waals surface area contributed by atoms with E-state index >= 15 is 0 Å². The molecule has 0 atom stereocenters. The Balaban J connectivity index is 0.000000252. The van der Waals surface area contributed by atoms with E-state index in [2.05, 4.69) is 31.9 Å². The third-order valence-electron chi connectivity index (χ3n) is 6.33. The number of ether oxygens (including phenoxy) is 3. The number of urea groups is 1. The molecule has 0 unspecified atom stereocenters. The van der Waals surface area contributed by atoms with Gasteiger partial charge in [0, 0.05) is 37.0 Å². The number of esters is 1. The van der Waals surface area contributed by atoms with Crippen LogP contribution >= 0.6 is 0 Å². The molecular weight excluding hydrogens is 542 g/mol. The molecule has 3 aromatic rings. The van der Waals surface area contributed by atoms with Gasteiger partial charge in [-0.25, -0.2) is 4.79 Å². The highest BCUT2D eigenvalue weighted by molar-refractivity contribution is 5.89. The van der Waals surface area contributed by atoms with Gasteiger partial charge in [0.15, 0.2) is 0 Å². The highest BCUT2D eigenvalue weighted by atomic mass is 16.5. The van der Waals surface area contributed by atoms with E-state index < -0.39 is 0 Å². The zero-order valence-corrected chi connectivity index (χ0v) is 25.6. The van der Waals surface area contributed by atoms with Crippen molar-refractivity contribution in [2.45, 2.75) is 32.1 Å². The predicted molar refractivity (Wildman–Crippen MR) is 172 cm³/mol. The molecule has 0 radical (unpaired) electrons. The Hall–Kier alpha value is -4.32. The number of nitrogens with zero attached hydrogens (tertiary/aromatic N) is 1. The van der Waals surface area contributed by atoms with E-state index in [1.54, 1.807) is 14.2 Å². The molecule has 1 fully saturated rings. The van der Waals surface area contributed by atoms with Crippen LogP contribution in [0.4, 0.5) is 10.5 Å². The number of anilines is 1. The maximum absolute atomic E-state index is 12.4. The number of nitrogens with one attached hydrogen (secondary N) is 2. The summed E-state index contributed by atoms with van der Waals surface area (Å²) in [6.45, 7) is 4.18.